The van der Waals surface area contributed by atoms with Gasteiger partial charge in [0, 0.05) is 29.7 Å². The first-order valence-corrected chi connectivity index (χ1v) is 9.41. The smallest absolute Gasteiger partial charge is 0.337 e. The van der Waals surface area contributed by atoms with Gasteiger partial charge in [-0.15, -0.1) is 0 Å². The molecule has 0 saturated carbocycles. The van der Waals surface area contributed by atoms with E-state index in [4.69, 9.17) is 0 Å². The van der Waals surface area contributed by atoms with E-state index in [9.17, 15) is 14.7 Å². The van der Waals surface area contributed by atoms with E-state index in [1.165, 1.54) is 17.8 Å². The fourth-order valence-electron chi connectivity index (χ4n) is 3.13. The van der Waals surface area contributed by atoms with Crippen molar-refractivity contribution in [2.75, 3.05) is 0 Å². The minimum absolute atomic E-state index is 0.0967. The van der Waals surface area contributed by atoms with Crippen LogP contribution in [-0.4, -0.2) is 26.7 Å². The quantitative estimate of drug-likeness (QED) is 0.659. The fourth-order valence-corrected chi connectivity index (χ4v) is 3.96. The Morgan fingerprint density at radius 2 is 2.04 bits per heavy atom. The normalized spacial score (nSPS) is 16.9. The predicted molar refractivity (Wildman–Crippen MR) is 112 cm³/mol. The van der Waals surface area contributed by atoms with E-state index in [1.807, 2.05) is 55.1 Å². The molecule has 1 aliphatic rings. The van der Waals surface area contributed by atoms with E-state index in [1.54, 1.807) is 12.1 Å². The monoisotopic (exact) mass is 391 g/mol. The molecule has 0 bridgehead atoms. The topological polar surface area (TPSA) is 83.7 Å². The van der Waals surface area contributed by atoms with E-state index in [2.05, 4.69) is 10.3 Å². The van der Waals surface area contributed by atoms with Crippen molar-refractivity contribution >= 4 is 51.5 Å². The molecule has 0 radical (unpaired) electrons. The molecule has 1 aliphatic heterocycles. The van der Waals surface area contributed by atoms with Crippen molar-refractivity contribution < 1.29 is 14.7 Å². The summed E-state index contributed by atoms with van der Waals surface area (Å²) in [4.78, 5) is 28.7. The number of carbonyl (C=O) groups is 2. The van der Waals surface area contributed by atoms with Crippen LogP contribution in [0.1, 0.15) is 21.5 Å². The number of nitrogens with zero attached hydrogens (tertiary/aromatic N) is 2. The standard InChI is InChI=1S/C21H17N3O3S/c1-12-7-8-15(20(26)27)16(9-12)22-21-23-19(25)18(28-21)10-13-11-24(2)17-6-4-3-5-14(13)17/h3-11H,1-2H3,(H,26,27)(H,22,23,25)/b18-10-. The number of carboxylic acids is 1. The maximum absolute atomic E-state index is 12.4. The Kier molecular flexibility index (Phi) is 4.52. The Labute approximate surface area is 165 Å². The number of benzene rings is 2. The van der Waals surface area contributed by atoms with Crippen LogP contribution >= 0.6 is 11.8 Å². The number of fused-ring (bicyclic) bond motifs is 1. The fraction of sp³-hybridized carbons (Fsp3) is 0.0952. The number of para-hydroxylation sites is 1. The zero-order valence-electron chi connectivity index (χ0n) is 15.3. The number of amides is 1. The molecule has 0 atom stereocenters. The molecule has 0 aliphatic carbocycles. The number of carboxylic acid groups (broad SMARTS) is 1. The number of aryl methyl sites for hydroxylation is 2. The van der Waals surface area contributed by atoms with Crippen molar-refractivity contribution in [3.05, 3.63) is 70.3 Å². The number of carbonyl (C=O) groups excluding carboxylic acids is 1. The molecule has 1 fully saturated rings. The van der Waals surface area contributed by atoms with E-state index >= 15 is 0 Å². The first-order valence-electron chi connectivity index (χ1n) is 8.60. The highest BCUT2D eigenvalue weighted by atomic mass is 32.2. The third-order valence-electron chi connectivity index (χ3n) is 4.47. The maximum atomic E-state index is 12.4. The molecule has 3 aromatic rings. The molecule has 2 N–H and O–H groups in total. The molecule has 2 heterocycles. The van der Waals surface area contributed by atoms with Gasteiger partial charge in [-0.2, -0.15) is 0 Å². The number of aliphatic imine (C=N–C) groups is 1. The number of aromatic nitrogens is 1. The van der Waals surface area contributed by atoms with Crippen LogP contribution in [0, 0.1) is 6.92 Å². The first kappa shape index (κ1) is 18.1. The Bertz CT molecular complexity index is 1190. The van der Waals surface area contributed by atoms with Gasteiger partial charge in [0.1, 0.15) is 0 Å². The van der Waals surface area contributed by atoms with Gasteiger partial charge >= 0.3 is 5.97 Å². The molecular formula is C21H17N3O3S. The molecule has 1 aromatic heterocycles. The molecule has 4 rings (SSSR count). The summed E-state index contributed by atoms with van der Waals surface area (Å²) in [6, 6.07) is 12.9. The van der Waals surface area contributed by atoms with Crippen LogP contribution in [0.15, 0.2) is 58.6 Å². The van der Waals surface area contributed by atoms with Gasteiger partial charge in [-0.25, -0.2) is 9.79 Å². The summed E-state index contributed by atoms with van der Waals surface area (Å²) in [6.07, 6.45) is 3.81. The van der Waals surface area contributed by atoms with E-state index in [-0.39, 0.29) is 11.5 Å². The molecule has 0 unspecified atom stereocenters. The number of amidine groups is 1. The highest BCUT2D eigenvalue weighted by molar-refractivity contribution is 8.18. The van der Waals surface area contributed by atoms with Crippen LogP contribution < -0.4 is 5.32 Å². The third-order valence-corrected chi connectivity index (χ3v) is 5.38. The predicted octanol–water partition coefficient (Wildman–Crippen LogP) is 4.08. The molecule has 1 amide bonds. The second kappa shape index (κ2) is 7.01. The average Bonchev–Trinajstić information content (AvgIpc) is 3.15. The zero-order valence-corrected chi connectivity index (χ0v) is 16.1. The van der Waals surface area contributed by atoms with Gasteiger partial charge in [0.25, 0.3) is 5.91 Å². The van der Waals surface area contributed by atoms with Crippen LogP contribution in [0.25, 0.3) is 17.0 Å². The van der Waals surface area contributed by atoms with Crippen molar-refractivity contribution in [3.8, 4) is 0 Å². The van der Waals surface area contributed by atoms with Gasteiger partial charge in [0.15, 0.2) is 5.17 Å². The summed E-state index contributed by atoms with van der Waals surface area (Å²) >= 11 is 1.20. The number of hydrogen-bond acceptors (Lipinski definition) is 4. The van der Waals surface area contributed by atoms with Gasteiger partial charge in [0.2, 0.25) is 0 Å². The van der Waals surface area contributed by atoms with Crippen LogP contribution in [0.2, 0.25) is 0 Å². The SMILES string of the molecule is Cc1ccc(C(=O)O)c(N=C2NC(=O)/C(=C/c3cn(C)c4ccccc34)S2)c1. The van der Waals surface area contributed by atoms with Gasteiger partial charge in [-0.1, -0.05) is 24.3 Å². The Balaban J connectivity index is 1.70. The summed E-state index contributed by atoms with van der Waals surface area (Å²) < 4.78 is 2.01. The number of aromatic carboxylic acids is 1. The lowest BCUT2D eigenvalue weighted by atomic mass is 10.1. The lowest BCUT2D eigenvalue weighted by Gasteiger charge is -2.03. The van der Waals surface area contributed by atoms with Crippen LogP contribution in [0.5, 0.6) is 0 Å². The maximum Gasteiger partial charge on any atom is 0.337 e. The average molecular weight is 391 g/mol. The number of nitrogens with one attached hydrogen (secondary N) is 1. The second-order valence-corrected chi connectivity index (χ2v) is 7.55. The van der Waals surface area contributed by atoms with Gasteiger partial charge in [0.05, 0.1) is 16.2 Å². The van der Waals surface area contributed by atoms with Gasteiger partial charge in [-0.3, -0.25) is 4.79 Å². The van der Waals surface area contributed by atoms with E-state index in [0.717, 1.165) is 22.0 Å². The Morgan fingerprint density at radius 3 is 2.82 bits per heavy atom. The van der Waals surface area contributed by atoms with Gasteiger partial charge in [-0.05, 0) is 48.5 Å². The third kappa shape index (κ3) is 3.32. The molecule has 6 nitrogen and oxygen atoms in total. The van der Waals surface area contributed by atoms with E-state index in [0.29, 0.717) is 15.8 Å². The van der Waals surface area contributed by atoms with E-state index < -0.39 is 5.97 Å². The largest absolute Gasteiger partial charge is 0.478 e. The number of hydrogen-bond donors (Lipinski definition) is 2. The summed E-state index contributed by atoms with van der Waals surface area (Å²) in [5.41, 5.74) is 3.34. The zero-order chi connectivity index (χ0) is 19.8. The lowest BCUT2D eigenvalue weighted by Crippen LogP contribution is -2.19. The molecule has 2 aromatic carbocycles. The lowest BCUT2D eigenvalue weighted by molar-refractivity contribution is -0.115. The number of rotatable bonds is 3. The highest BCUT2D eigenvalue weighted by Gasteiger charge is 2.25. The van der Waals surface area contributed by atoms with Crippen LogP contribution in [0.4, 0.5) is 5.69 Å². The number of thioether (sulfide) groups is 1. The van der Waals surface area contributed by atoms with Crippen LogP contribution in [0.3, 0.4) is 0 Å². The second-order valence-electron chi connectivity index (χ2n) is 6.52. The molecule has 28 heavy (non-hydrogen) atoms. The van der Waals surface area contributed by atoms with Crippen molar-refractivity contribution in [1.29, 1.82) is 0 Å². The van der Waals surface area contributed by atoms with Crippen molar-refractivity contribution in [2.45, 2.75) is 6.92 Å². The highest BCUT2D eigenvalue weighted by Crippen LogP contribution is 2.31. The Morgan fingerprint density at radius 1 is 1.25 bits per heavy atom. The molecule has 1 saturated heterocycles. The van der Waals surface area contributed by atoms with Crippen LogP contribution in [-0.2, 0) is 11.8 Å². The molecule has 0 spiro atoms. The molecule has 7 heteroatoms. The summed E-state index contributed by atoms with van der Waals surface area (Å²) in [7, 11) is 1.96. The van der Waals surface area contributed by atoms with Crippen molar-refractivity contribution in [3.63, 3.8) is 0 Å². The summed E-state index contributed by atoms with van der Waals surface area (Å²) in [6.45, 7) is 1.86. The van der Waals surface area contributed by atoms with Gasteiger partial charge < -0.3 is 15.0 Å². The minimum atomic E-state index is -1.06. The van der Waals surface area contributed by atoms with Crippen molar-refractivity contribution in [2.24, 2.45) is 12.0 Å². The Hall–Kier alpha value is -3.32. The van der Waals surface area contributed by atoms with Crippen molar-refractivity contribution in [1.82, 2.24) is 9.88 Å². The summed E-state index contributed by atoms with van der Waals surface area (Å²) in [5, 5.41) is 13.5. The minimum Gasteiger partial charge on any atom is -0.478 e. The summed E-state index contributed by atoms with van der Waals surface area (Å²) in [5.74, 6) is -1.30. The molecular weight excluding hydrogens is 374 g/mol. The first-order chi connectivity index (χ1) is 13.4. The molecule has 140 valence electrons.